The van der Waals surface area contributed by atoms with E-state index in [9.17, 15) is 9.59 Å². The molecule has 0 bridgehead atoms. The average Bonchev–Trinajstić information content (AvgIpc) is 2.76. The molecule has 1 aliphatic rings. The first kappa shape index (κ1) is 19.2. The first-order valence-electron chi connectivity index (χ1n) is 8.10. The van der Waals surface area contributed by atoms with Gasteiger partial charge >= 0.3 is 6.03 Å². The summed E-state index contributed by atoms with van der Waals surface area (Å²) in [6, 6.07) is 3.93. The van der Waals surface area contributed by atoms with Gasteiger partial charge in [-0.15, -0.1) is 0 Å². The van der Waals surface area contributed by atoms with Crippen molar-refractivity contribution < 1.29 is 9.59 Å². The minimum absolute atomic E-state index is 0.0621. The van der Waals surface area contributed by atoms with E-state index < -0.39 is 0 Å². The molecule has 1 aliphatic heterocycles. The normalized spacial score (nSPS) is 15.4. The maximum absolute atomic E-state index is 12.6. The predicted molar refractivity (Wildman–Crippen MR) is 103 cm³/mol. The van der Waals surface area contributed by atoms with Crippen molar-refractivity contribution in [1.82, 2.24) is 9.80 Å². The Hall–Kier alpha value is -1.08. The van der Waals surface area contributed by atoms with Crippen molar-refractivity contribution in [2.45, 2.75) is 33.1 Å². The fraction of sp³-hybridized carbons (Fsp3) is 0.529. The van der Waals surface area contributed by atoms with Gasteiger partial charge in [0.15, 0.2) is 0 Å². The van der Waals surface area contributed by atoms with Gasteiger partial charge in [0.1, 0.15) is 0 Å². The summed E-state index contributed by atoms with van der Waals surface area (Å²) in [5.74, 6) is 0.470. The third kappa shape index (κ3) is 4.72. The molecule has 1 N–H and O–H groups in total. The lowest BCUT2D eigenvalue weighted by Crippen LogP contribution is -2.39. The smallest absolute Gasteiger partial charge is 0.321 e. The monoisotopic (exact) mass is 459 g/mol. The van der Waals surface area contributed by atoms with Crippen LogP contribution in [0.2, 0.25) is 0 Å². The first-order chi connectivity index (χ1) is 11.3. The van der Waals surface area contributed by atoms with Gasteiger partial charge in [0, 0.05) is 42.0 Å². The van der Waals surface area contributed by atoms with Crippen molar-refractivity contribution in [2.24, 2.45) is 0 Å². The molecule has 7 heteroatoms. The van der Waals surface area contributed by atoms with Crippen LogP contribution in [0.5, 0.6) is 0 Å². The molecule has 132 valence electrons. The molecule has 1 heterocycles. The Morgan fingerprint density at radius 3 is 2.12 bits per heavy atom. The van der Waals surface area contributed by atoms with E-state index in [-0.39, 0.29) is 11.9 Å². The summed E-state index contributed by atoms with van der Waals surface area (Å²) < 4.78 is 1.71. The molecule has 3 amide bonds. The molecule has 5 nitrogen and oxygen atoms in total. The number of hydrogen-bond donors (Lipinski definition) is 1. The van der Waals surface area contributed by atoms with Crippen LogP contribution < -0.4 is 5.32 Å². The molecule has 24 heavy (non-hydrogen) atoms. The van der Waals surface area contributed by atoms with E-state index in [1.807, 2.05) is 12.1 Å². The highest BCUT2D eigenvalue weighted by Gasteiger charge is 2.21. The molecule has 2 rings (SSSR count). The fourth-order valence-corrected chi connectivity index (χ4v) is 4.09. The number of benzene rings is 1. The zero-order chi connectivity index (χ0) is 17.9. The summed E-state index contributed by atoms with van der Waals surface area (Å²) in [6.07, 6.45) is 0.793. The lowest BCUT2D eigenvalue weighted by atomic mass is 10.0. The fourth-order valence-electron chi connectivity index (χ4n) is 2.67. The number of urea groups is 1. The molecule has 0 saturated carbocycles. The second kappa shape index (κ2) is 8.34. The number of anilines is 1. The first-order valence-corrected chi connectivity index (χ1v) is 9.68. The van der Waals surface area contributed by atoms with E-state index in [1.165, 1.54) is 5.56 Å². The summed E-state index contributed by atoms with van der Waals surface area (Å²) in [5.41, 5.74) is 1.93. The Labute approximate surface area is 160 Å². The summed E-state index contributed by atoms with van der Waals surface area (Å²) >= 11 is 7.09. The summed E-state index contributed by atoms with van der Waals surface area (Å²) in [4.78, 5) is 27.6. The lowest BCUT2D eigenvalue weighted by molar-refractivity contribution is -0.128. The molecule has 1 aromatic rings. The third-order valence-electron chi connectivity index (χ3n) is 4.19. The van der Waals surface area contributed by atoms with Crippen LogP contribution in [0.4, 0.5) is 10.5 Å². The number of nitrogens with one attached hydrogen (secondary N) is 1. The van der Waals surface area contributed by atoms with Gasteiger partial charge in [-0.25, -0.2) is 4.79 Å². The number of carbonyl (C=O) groups excluding carboxylic acids is 2. The van der Waals surface area contributed by atoms with Gasteiger partial charge in [0.25, 0.3) is 0 Å². The van der Waals surface area contributed by atoms with Gasteiger partial charge in [0.2, 0.25) is 5.91 Å². The van der Waals surface area contributed by atoms with Crippen LogP contribution in [0.3, 0.4) is 0 Å². The van der Waals surface area contributed by atoms with Crippen LogP contribution in [-0.4, -0.2) is 47.9 Å². The van der Waals surface area contributed by atoms with Crippen molar-refractivity contribution in [3.63, 3.8) is 0 Å². The lowest BCUT2D eigenvalue weighted by Gasteiger charge is -2.23. The molecule has 0 unspecified atom stereocenters. The number of amides is 3. The van der Waals surface area contributed by atoms with Crippen LogP contribution in [0.25, 0.3) is 0 Å². The molecule has 0 aliphatic carbocycles. The highest BCUT2D eigenvalue weighted by molar-refractivity contribution is 9.11. The van der Waals surface area contributed by atoms with E-state index in [0.717, 1.165) is 21.1 Å². The molecule has 1 fully saturated rings. The molecule has 0 aromatic heterocycles. The molecular formula is C17H23Br2N3O2. The molecule has 0 radical (unpaired) electrons. The van der Waals surface area contributed by atoms with Crippen molar-refractivity contribution in [3.8, 4) is 0 Å². The van der Waals surface area contributed by atoms with Gasteiger partial charge < -0.3 is 15.1 Å². The zero-order valence-corrected chi connectivity index (χ0v) is 17.4. The number of nitrogens with zero attached hydrogens (tertiary/aromatic N) is 2. The number of halogens is 2. The summed E-state index contributed by atoms with van der Waals surface area (Å²) in [5, 5.41) is 2.98. The maximum atomic E-state index is 12.6. The maximum Gasteiger partial charge on any atom is 0.321 e. The van der Waals surface area contributed by atoms with Crippen LogP contribution in [0.15, 0.2) is 21.1 Å². The zero-order valence-electron chi connectivity index (χ0n) is 14.2. The molecule has 1 saturated heterocycles. The molecular weight excluding hydrogens is 438 g/mol. The van der Waals surface area contributed by atoms with Crippen LogP contribution in [0.1, 0.15) is 38.7 Å². The highest BCUT2D eigenvalue weighted by Crippen LogP contribution is 2.34. The Kier molecular flexibility index (Phi) is 6.69. The van der Waals surface area contributed by atoms with E-state index in [0.29, 0.717) is 32.1 Å². The Morgan fingerprint density at radius 1 is 1.04 bits per heavy atom. The Morgan fingerprint density at radius 2 is 1.58 bits per heavy atom. The number of hydrogen-bond acceptors (Lipinski definition) is 2. The molecule has 0 spiro atoms. The van der Waals surface area contributed by atoms with Gasteiger partial charge in [-0.2, -0.15) is 0 Å². The van der Waals surface area contributed by atoms with Gasteiger partial charge in [0.05, 0.1) is 5.69 Å². The topological polar surface area (TPSA) is 52.7 Å². The third-order valence-corrected chi connectivity index (χ3v) is 5.44. The highest BCUT2D eigenvalue weighted by atomic mass is 79.9. The molecule has 0 atom stereocenters. The number of carbonyl (C=O) groups is 2. The van der Waals surface area contributed by atoms with E-state index in [4.69, 9.17) is 0 Å². The second-order valence-electron chi connectivity index (χ2n) is 6.29. The Balaban J connectivity index is 2.08. The SMILES string of the molecule is CC(=O)N1CCCN(C(=O)Nc2c(Br)cc(C(C)C)cc2Br)CC1. The van der Waals surface area contributed by atoms with Crippen LogP contribution in [0, 0.1) is 0 Å². The van der Waals surface area contributed by atoms with E-state index in [2.05, 4.69) is 51.0 Å². The largest absolute Gasteiger partial charge is 0.341 e. The van der Waals surface area contributed by atoms with Crippen LogP contribution in [-0.2, 0) is 4.79 Å². The van der Waals surface area contributed by atoms with Crippen molar-refractivity contribution in [1.29, 1.82) is 0 Å². The second-order valence-corrected chi connectivity index (χ2v) is 8.00. The van der Waals surface area contributed by atoms with E-state index >= 15 is 0 Å². The van der Waals surface area contributed by atoms with Gasteiger partial charge in [-0.3, -0.25) is 4.79 Å². The minimum atomic E-state index is -0.140. The minimum Gasteiger partial charge on any atom is -0.341 e. The predicted octanol–water partition coefficient (Wildman–Crippen LogP) is 4.42. The molecule has 1 aromatic carbocycles. The summed E-state index contributed by atoms with van der Waals surface area (Å²) in [6.45, 7) is 8.31. The Bertz CT molecular complexity index is 611. The van der Waals surface area contributed by atoms with Gasteiger partial charge in [-0.05, 0) is 61.9 Å². The van der Waals surface area contributed by atoms with Crippen LogP contribution >= 0.6 is 31.9 Å². The quantitative estimate of drug-likeness (QED) is 0.710. The van der Waals surface area contributed by atoms with Crippen molar-refractivity contribution >= 4 is 49.5 Å². The van der Waals surface area contributed by atoms with Crippen molar-refractivity contribution in [3.05, 3.63) is 26.6 Å². The average molecular weight is 461 g/mol. The standard InChI is InChI=1S/C17H23Br2N3O2/c1-11(2)13-9-14(18)16(15(19)10-13)20-17(24)22-6-4-5-21(7-8-22)12(3)23/h9-11H,4-8H2,1-3H3,(H,20,24). The summed E-state index contributed by atoms with van der Waals surface area (Å²) in [7, 11) is 0. The number of rotatable bonds is 2. The van der Waals surface area contributed by atoms with Crippen molar-refractivity contribution in [2.75, 3.05) is 31.5 Å². The van der Waals surface area contributed by atoms with Gasteiger partial charge in [-0.1, -0.05) is 13.8 Å². The van der Waals surface area contributed by atoms with E-state index in [1.54, 1.807) is 16.7 Å².